The smallest absolute Gasteiger partial charge is 0.304 e. The van der Waals surface area contributed by atoms with E-state index in [0.29, 0.717) is 36.0 Å². The number of hydrogen-bond acceptors (Lipinski definition) is 6. The van der Waals surface area contributed by atoms with E-state index in [1.165, 1.54) is 16.4 Å². The van der Waals surface area contributed by atoms with E-state index in [0.717, 1.165) is 12.0 Å². The normalized spacial score (nSPS) is 22.8. The number of benzene rings is 1. The highest BCUT2D eigenvalue weighted by molar-refractivity contribution is 7.87. The van der Waals surface area contributed by atoms with Gasteiger partial charge in [0.1, 0.15) is 11.6 Å². The van der Waals surface area contributed by atoms with Gasteiger partial charge in [-0.15, -0.1) is 0 Å². The van der Waals surface area contributed by atoms with Crippen LogP contribution in [0.2, 0.25) is 0 Å². The van der Waals surface area contributed by atoms with Crippen LogP contribution >= 0.6 is 0 Å². The predicted molar refractivity (Wildman–Crippen MR) is 130 cm³/mol. The topological polar surface area (TPSA) is 109 Å². The number of nitrogens with zero attached hydrogens (tertiary/aromatic N) is 3. The van der Waals surface area contributed by atoms with Crippen molar-refractivity contribution in [2.75, 3.05) is 24.5 Å². The minimum Gasteiger partial charge on any atom is -0.351 e. The third-order valence-electron chi connectivity index (χ3n) is 6.54. The highest BCUT2D eigenvalue weighted by Crippen LogP contribution is 2.38. The minimum atomic E-state index is -4.04. The second kappa shape index (κ2) is 8.90. The van der Waals surface area contributed by atoms with Crippen molar-refractivity contribution in [1.82, 2.24) is 14.0 Å². The first-order chi connectivity index (χ1) is 15.9. The number of anilines is 1. The number of amides is 1. The molecule has 2 aromatic rings. The van der Waals surface area contributed by atoms with Crippen molar-refractivity contribution in [2.45, 2.75) is 52.1 Å². The third kappa shape index (κ3) is 4.94. The van der Waals surface area contributed by atoms with Crippen LogP contribution in [0.25, 0.3) is 11.3 Å². The summed E-state index contributed by atoms with van der Waals surface area (Å²) >= 11 is 0. The molecule has 184 valence electrons. The van der Waals surface area contributed by atoms with Gasteiger partial charge in [-0.1, -0.05) is 6.92 Å². The molecule has 0 bridgehead atoms. The summed E-state index contributed by atoms with van der Waals surface area (Å²) in [4.78, 5) is 20.1. The van der Waals surface area contributed by atoms with Crippen molar-refractivity contribution in [1.29, 1.82) is 0 Å². The van der Waals surface area contributed by atoms with E-state index >= 15 is 0 Å². The molecule has 4 rings (SSSR count). The summed E-state index contributed by atoms with van der Waals surface area (Å²) in [5.41, 5.74) is 7.57. The lowest BCUT2D eigenvalue weighted by atomic mass is 9.97. The number of aryl methyl sites for hydroxylation is 1. The number of pyridine rings is 1. The molecule has 0 aliphatic carbocycles. The average Bonchev–Trinajstić information content (AvgIpc) is 3.28. The lowest BCUT2D eigenvalue weighted by molar-refractivity contribution is 0.0979. The monoisotopic (exact) mass is 489 g/mol. The molecule has 34 heavy (non-hydrogen) atoms. The van der Waals surface area contributed by atoms with Crippen LogP contribution in [0.3, 0.4) is 0 Å². The predicted octanol–water partition coefficient (Wildman–Crippen LogP) is 2.83. The number of nitrogens with two attached hydrogens (primary N) is 1. The summed E-state index contributed by atoms with van der Waals surface area (Å²) < 4.78 is 43.1. The number of carbonyl (C=O) groups excluding carboxylic acids is 1. The van der Waals surface area contributed by atoms with E-state index in [9.17, 15) is 17.6 Å². The van der Waals surface area contributed by atoms with Gasteiger partial charge in [0, 0.05) is 36.8 Å². The Morgan fingerprint density at radius 3 is 2.56 bits per heavy atom. The van der Waals surface area contributed by atoms with Crippen molar-refractivity contribution < 1.29 is 17.6 Å². The summed E-state index contributed by atoms with van der Waals surface area (Å²) in [7, 11) is -4.04. The van der Waals surface area contributed by atoms with Crippen LogP contribution in [-0.4, -0.2) is 54.8 Å². The Hall–Kier alpha value is -2.56. The van der Waals surface area contributed by atoms with Crippen LogP contribution in [-0.2, 0) is 10.2 Å². The second-order valence-electron chi connectivity index (χ2n) is 10.2. The minimum absolute atomic E-state index is 0.158. The Kier molecular flexibility index (Phi) is 6.43. The second-order valence-corrected chi connectivity index (χ2v) is 11.8. The molecule has 2 aliphatic rings. The van der Waals surface area contributed by atoms with Crippen molar-refractivity contribution in [3.8, 4) is 11.3 Å². The lowest BCUT2D eigenvalue weighted by Gasteiger charge is -2.34. The van der Waals surface area contributed by atoms with Crippen molar-refractivity contribution >= 4 is 21.9 Å². The Morgan fingerprint density at radius 2 is 1.97 bits per heavy atom. The first-order valence-corrected chi connectivity index (χ1v) is 12.9. The van der Waals surface area contributed by atoms with Crippen LogP contribution in [0.1, 0.15) is 49.5 Å². The molecule has 2 saturated heterocycles. The van der Waals surface area contributed by atoms with Crippen LogP contribution in [0.4, 0.5) is 10.2 Å². The Morgan fingerprint density at radius 1 is 1.24 bits per heavy atom. The summed E-state index contributed by atoms with van der Waals surface area (Å²) in [6, 6.07) is 7.61. The van der Waals surface area contributed by atoms with Crippen molar-refractivity contribution in [3.05, 3.63) is 47.3 Å². The van der Waals surface area contributed by atoms with Gasteiger partial charge in [0.05, 0.1) is 11.3 Å². The molecule has 0 spiro atoms. The molecule has 3 heterocycles. The average molecular weight is 490 g/mol. The van der Waals surface area contributed by atoms with Gasteiger partial charge in [0.25, 0.3) is 5.91 Å². The van der Waals surface area contributed by atoms with E-state index in [4.69, 9.17) is 10.7 Å². The Balaban J connectivity index is 1.75. The zero-order valence-electron chi connectivity index (χ0n) is 20.0. The highest BCUT2D eigenvalue weighted by atomic mass is 32.2. The van der Waals surface area contributed by atoms with Gasteiger partial charge in [-0.25, -0.2) is 14.1 Å². The Labute approximate surface area is 200 Å². The van der Waals surface area contributed by atoms with E-state index < -0.39 is 16.1 Å². The van der Waals surface area contributed by atoms with Crippen LogP contribution in [0.5, 0.6) is 0 Å². The molecule has 1 amide bonds. The van der Waals surface area contributed by atoms with Crippen LogP contribution < -0.4 is 15.4 Å². The maximum absolute atomic E-state index is 14.1. The molecule has 0 unspecified atom stereocenters. The molecule has 2 fully saturated rings. The zero-order chi connectivity index (χ0) is 24.8. The van der Waals surface area contributed by atoms with Gasteiger partial charge in [0.15, 0.2) is 0 Å². The molecule has 1 aromatic heterocycles. The van der Waals surface area contributed by atoms with Gasteiger partial charge in [-0.3, -0.25) is 4.79 Å². The van der Waals surface area contributed by atoms with Gasteiger partial charge in [-0.2, -0.15) is 12.7 Å². The molecule has 0 saturated carbocycles. The number of hydrogen-bond donors (Lipinski definition) is 2. The number of rotatable bonds is 5. The molecular weight excluding hydrogens is 457 g/mol. The SMILES string of the molecule is Cc1cc(F)cc(-c2ccc(C(=O)NS(=O)(=O)N3CC[C@@H](N)C3)c(N3C[C@@H](C)CC3(C)C)n2)c1. The molecule has 10 heteroatoms. The Bertz CT molecular complexity index is 1200. The quantitative estimate of drug-likeness (QED) is 0.669. The molecule has 2 atom stereocenters. The highest BCUT2D eigenvalue weighted by Gasteiger charge is 2.40. The maximum atomic E-state index is 14.1. The molecule has 3 N–H and O–H groups in total. The first kappa shape index (κ1) is 24.6. The number of aromatic nitrogens is 1. The zero-order valence-corrected chi connectivity index (χ0v) is 20.8. The summed E-state index contributed by atoms with van der Waals surface area (Å²) in [6.07, 6.45) is 1.44. The van der Waals surface area contributed by atoms with Gasteiger partial charge >= 0.3 is 10.2 Å². The van der Waals surface area contributed by atoms with Crippen LogP contribution in [0.15, 0.2) is 30.3 Å². The molecular formula is C24H32FN5O3S. The summed E-state index contributed by atoms with van der Waals surface area (Å²) in [6.45, 7) is 9.17. The number of halogens is 1. The standard InChI is InChI=1S/C24H32FN5O3S/c1-15-9-17(11-18(25)10-15)21-6-5-20(22(27-21)30-13-16(2)12-24(30,3)4)23(31)28-34(32,33)29-8-7-19(26)14-29/h5-6,9-11,16,19H,7-8,12-14,26H2,1-4H3,(H,28,31)/t16-,19+/m0/s1. The third-order valence-corrected chi connectivity index (χ3v) is 7.99. The molecule has 2 aliphatic heterocycles. The maximum Gasteiger partial charge on any atom is 0.304 e. The van der Waals surface area contributed by atoms with Gasteiger partial charge < -0.3 is 10.6 Å². The number of carbonyl (C=O) groups is 1. The molecule has 0 radical (unpaired) electrons. The largest absolute Gasteiger partial charge is 0.351 e. The van der Waals surface area contributed by atoms with Crippen LogP contribution in [0, 0.1) is 18.7 Å². The fraction of sp³-hybridized carbons (Fsp3) is 0.500. The van der Waals surface area contributed by atoms with E-state index in [1.807, 2.05) is 11.0 Å². The van der Waals surface area contributed by atoms with E-state index in [2.05, 4.69) is 25.5 Å². The van der Waals surface area contributed by atoms with E-state index in [-0.39, 0.29) is 36.1 Å². The summed E-state index contributed by atoms with van der Waals surface area (Å²) in [5.74, 6) is -0.368. The lowest BCUT2D eigenvalue weighted by Crippen LogP contribution is -2.44. The van der Waals surface area contributed by atoms with Gasteiger partial charge in [0.2, 0.25) is 0 Å². The fourth-order valence-electron chi connectivity index (χ4n) is 5.04. The molecule has 1 aromatic carbocycles. The fourth-order valence-corrected chi connectivity index (χ4v) is 6.25. The van der Waals surface area contributed by atoms with Crippen molar-refractivity contribution in [3.63, 3.8) is 0 Å². The summed E-state index contributed by atoms with van der Waals surface area (Å²) in [5, 5.41) is 0. The van der Waals surface area contributed by atoms with Gasteiger partial charge in [-0.05, 0) is 75.4 Å². The first-order valence-electron chi connectivity index (χ1n) is 11.5. The molecule has 8 nitrogen and oxygen atoms in total. The van der Waals surface area contributed by atoms with Crippen molar-refractivity contribution in [2.24, 2.45) is 11.7 Å². The van der Waals surface area contributed by atoms with E-state index in [1.54, 1.807) is 19.1 Å². The number of nitrogens with one attached hydrogen (secondary N) is 1.